The molecule has 4 heteroatoms. The van der Waals surface area contributed by atoms with Crippen LogP contribution in [0.1, 0.15) is 0 Å². The van der Waals surface area contributed by atoms with Crippen molar-refractivity contribution in [2.75, 3.05) is 7.11 Å². The highest BCUT2D eigenvalue weighted by atomic mass is 32.1. The van der Waals surface area contributed by atoms with E-state index in [2.05, 4.69) is 11.1 Å². The first-order chi connectivity index (χ1) is 6.42. The van der Waals surface area contributed by atoms with Crippen LogP contribution in [0.25, 0.3) is 10.7 Å². The van der Waals surface area contributed by atoms with E-state index >= 15 is 0 Å². The van der Waals surface area contributed by atoms with Gasteiger partial charge in [0.15, 0.2) is 5.82 Å². The van der Waals surface area contributed by atoms with Crippen LogP contribution in [0.2, 0.25) is 0 Å². The molecule has 0 aromatic carbocycles. The number of ether oxygens (including phenoxy) is 1. The zero-order valence-electron chi connectivity index (χ0n) is 7.30. The average molecular weight is 194 g/mol. The molecule has 0 amide bonds. The van der Waals surface area contributed by atoms with Gasteiger partial charge in [-0.2, -0.15) is 0 Å². The van der Waals surface area contributed by atoms with Gasteiger partial charge in [-0.3, -0.25) is 0 Å². The van der Waals surface area contributed by atoms with Crippen LogP contribution >= 0.6 is 11.3 Å². The molecule has 0 fully saturated rings. The molecule has 0 aliphatic rings. The molecule has 2 aromatic heterocycles. The monoisotopic (exact) mass is 194 g/mol. The van der Waals surface area contributed by atoms with Crippen molar-refractivity contribution in [1.82, 2.24) is 9.55 Å². The Morgan fingerprint density at radius 1 is 1.62 bits per heavy atom. The van der Waals surface area contributed by atoms with Crippen LogP contribution in [0.15, 0.2) is 29.9 Å². The molecule has 0 radical (unpaired) electrons. The van der Waals surface area contributed by atoms with Crippen molar-refractivity contribution in [3.63, 3.8) is 0 Å². The topological polar surface area (TPSA) is 27.1 Å². The summed E-state index contributed by atoms with van der Waals surface area (Å²) in [5.74, 6) is 0.969. The van der Waals surface area contributed by atoms with E-state index in [0.717, 1.165) is 5.82 Å². The maximum Gasteiger partial charge on any atom is 0.151 e. The maximum absolute atomic E-state index is 5.05. The molecule has 0 atom stereocenters. The van der Waals surface area contributed by atoms with Crippen molar-refractivity contribution >= 4 is 11.3 Å². The third-order valence-electron chi connectivity index (χ3n) is 1.73. The first-order valence-corrected chi connectivity index (χ1v) is 4.83. The van der Waals surface area contributed by atoms with Crippen molar-refractivity contribution in [2.45, 2.75) is 6.73 Å². The van der Waals surface area contributed by atoms with Crippen molar-refractivity contribution in [3.05, 3.63) is 29.9 Å². The Labute approximate surface area is 80.6 Å². The summed E-state index contributed by atoms with van der Waals surface area (Å²) in [5.41, 5.74) is 0. The second kappa shape index (κ2) is 3.72. The lowest BCUT2D eigenvalue weighted by atomic mass is 10.4. The van der Waals surface area contributed by atoms with E-state index in [-0.39, 0.29) is 0 Å². The number of hydrogen-bond donors (Lipinski definition) is 0. The maximum atomic E-state index is 5.05. The minimum absolute atomic E-state index is 0.549. The van der Waals surface area contributed by atoms with Crippen LogP contribution in [0.5, 0.6) is 0 Å². The molecule has 0 spiro atoms. The van der Waals surface area contributed by atoms with Crippen LogP contribution in [0.3, 0.4) is 0 Å². The molecule has 2 heterocycles. The van der Waals surface area contributed by atoms with Crippen LogP contribution < -0.4 is 0 Å². The zero-order valence-corrected chi connectivity index (χ0v) is 8.12. The third kappa shape index (κ3) is 1.64. The van der Waals surface area contributed by atoms with Gasteiger partial charge in [0, 0.05) is 19.5 Å². The third-order valence-corrected chi connectivity index (χ3v) is 2.59. The summed E-state index contributed by atoms with van der Waals surface area (Å²) in [6.07, 6.45) is 3.70. The number of nitrogens with zero attached hydrogens (tertiary/aromatic N) is 2. The summed E-state index contributed by atoms with van der Waals surface area (Å²) >= 11 is 1.68. The molecule has 2 rings (SSSR count). The molecular formula is C9H10N2OS. The average Bonchev–Trinajstić information content (AvgIpc) is 2.71. The molecule has 2 aromatic rings. The quantitative estimate of drug-likeness (QED) is 0.749. The van der Waals surface area contributed by atoms with Crippen molar-refractivity contribution in [3.8, 4) is 10.7 Å². The Bertz CT molecular complexity index is 367. The van der Waals surface area contributed by atoms with Gasteiger partial charge in [-0.05, 0) is 11.4 Å². The van der Waals surface area contributed by atoms with E-state index in [4.69, 9.17) is 4.74 Å². The van der Waals surface area contributed by atoms with E-state index in [1.54, 1.807) is 24.6 Å². The SMILES string of the molecule is COCn1ccnc1-c1cccs1. The van der Waals surface area contributed by atoms with Crippen LogP contribution in [-0.2, 0) is 11.5 Å². The molecule has 0 aliphatic heterocycles. The minimum atomic E-state index is 0.549. The Kier molecular flexibility index (Phi) is 2.42. The van der Waals surface area contributed by atoms with E-state index in [0.29, 0.717) is 6.73 Å². The molecule has 0 saturated carbocycles. The number of hydrogen-bond acceptors (Lipinski definition) is 3. The highest BCUT2D eigenvalue weighted by Gasteiger charge is 2.05. The molecule has 0 N–H and O–H groups in total. The number of imidazole rings is 1. The predicted molar refractivity (Wildman–Crippen MR) is 52.5 cm³/mol. The lowest BCUT2D eigenvalue weighted by Crippen LogP contribution is -1.99. The van der Waals surface area contributed by atoms with Crippen LogP contribution in [0.4, 0.5) is 0 Å². The predicted octanol–water partition coefficient (Wildman–Crippen LogP) is 2.22. The summed E-state index contributed by atoms with van der Waals surface area (Å²) in [6, 6.07) is 4.07. The number of aromatic nitrogens is 2. The van der Waals surface area contributed by atoms with Crippen molar-refractivity contribution in [1.29, 1.82) is 0 Å². The van der Waals surface area contributed by atoms with E-state index in [1.165, 1.54) is 4.88 Å². The van der Waals surface area contributed by atoms with Gasteiger partial charge < -0.3 is 9.30 Å². The molecule has 0 unspecified atom stereocenters. The van der Waals surface area contributed by atoms with Crippen molar-refractivity contribution < 1.29 is 4.74 Å². The Morgan fingerprint density at radius 3 is 3.23 bits per heavy atom. The summed E-state index contributed by atoms with van der Waals surface area (Å²) in [4.78, 5) is 5.44. The lowest BCUT2D eigenvalue weighted by Gasteiger charge is -2.03. The highest BCUT2D eigenvalue weighted by Crippen LogP contribution is 2.22. The number of thiophene rings is 1. The smallest absolute Gasteiger partial charge is 0.151 e. The van der Waals surface area contributed by atoms with Gasteiger partial charge in [-0.1, -0.05) is 6.07 Å². The highest BCUT2D eigenvalue weighted by molar-refractivity contribution is 7.13. The zero-order chi connectivity index (χ0) is 9.10. The van der Waals surface area contributed by atoms with E-state index in [9.17, 15) is 0 Å². The van der Waals surface area contributed by atoms with Crippen LogP contribution in [-0.4, -0.2) is 16.7 Å². The van der Waals surface area contributed by atoms with Gasteiger partial charge >= 0.3 is 0 Å². The Balaban J connectivity index is 2.35. The van der Waals surface area contributed by atoms with Crippen molar-refractivity contribution in [2.24, 2.45) is 0 Å². The molecule has 13 heavy (non-hydrogen) atoms. The molecule has 0 saturated heterocycles. The Hall–Kier alpha value is -1.13. The van der Waals surface area contributed by atoms with Gasteiger partial charge in [0.1, 0.15) is 6.73 Å². The normalized spacial score (nSPS) is 10.5. The van der Waals surface area contributed by atoms with Gasteiger partial charge in [0.2, 0.25) is 0 Å². The summed E-state index contributed by atoms with van der Waals surface area (Å²) < 4.78 is 7.03. The second-order valence-electron chi connectivity index (χ2n) is 2.62. The second-order valence-corrected chi connectivity index (χ2v) is 3.56. The fourth-order valence-electron chi connectivity index (χ4n) is 1.18. The molecule has 3 nitrogen and oxygen atoms in total. The number of methoxy groups -OCH3 is 1. The summed E-state index contributed by atoms with van der Waals surface area (Å²) in [6.45, 7) is 0.549. The van der Waals surface area contributed by atoms with Gasteiger partial charge in [-0.25, -0.2) is 4.98 Å². The standard InChI is InChI=1S/C9H10N2OS/c1-12-7-11-5-4-10-9(11)8-3-2-6-13-8/h2-6H,7H2,1H3. The number of rotatable bonds is 3. The molecule has 68 valence electrons. The summed E-state index contributed by atoms with van der Waals surface area (Å²) in [7, 11) is 1.68. The minimum Gasteiger partial charge on any atom is -0.364 e. The summed E-state index contributed by atoms with van der Waals surface area (Å²) in [5, 5.41) is 2.04. The Morgan fingerprint density at radius 2 is 2.54 bits per heavy atom. The first-order valence-electron chi connectivity index (χ1n) is 3.96. The van der Waals surface area contributed by atoms with Gasteiger partial charge in [-0.15, -0.1) is 11.3 Å². The van der Waals surface area contributed by atoms with Gasteiger partial charge in [0.25, 0.3) is 0 Å². The van der Waals surface area contributed by atoms with Crippen LogP contribution in [0, 0.1) is 0 Å². The van der Waals surface area contributed by atoms with Gasteiger partial charge in [0.05, 0.1) is 4.88 Å². The largest absolute Gasteiger partial charge is 0.364 e. The molecule has 0 bridgehead atoms. The first kappa shape index (κ1) is 8.47. The molecule has 0 aliphatic carbocycles. The fraction of sp³-hybridized carbons (Fsp3) is 0.222. The van der Waals surface area contributed by atoms with E-state index in [1.807, 2.05) is 22.2 Å². The van der Waals surface area contributed by atoms with E-state index < -0.39 is 0 Å². The fourth-order valence-corrected chi connectivity index (χ4v) is 1.92. The lowest BCUT2D eigenvalue weighted by molar-refractivity contribution is 0.132. The molecular weight excluding hydrogens is 184 g/mol.